The van der Waals surface area contributed by atoms with E-state index in [1.807, 2.05) is 12.3 Å². The summed E-state index contributed by atoms with van der Waals surface area (Å²) in [6.45, 7) is 3.85. The van der Waals surface area contributed by atoms with Crippen LogP contribution in [0.5, 0.6) is 0 Å². The van der Waals surface area contributed by atoms with E-state index in [4.69, 9.17) is 5.73 Å². The summed E-state index contributed by atoms with van der Waals surface area (Å²) in [5, 5.41) is 0. The van der Waals surface area contributed by atoms with Crippen molar-refractivity contribution >= 4 is 5.82 Å². The van der Waals surface area contributed by atoms with Crippen LogP contribution in [-0.4, -0.2) is 29.1 Å². The predicted molar refractivity (Wildman–Crippen MR) is 56.2 cm³/mol. The monoisotopic (exact) mass is 192 g/mol. The molecule has 2 N–H and O–H groups in total. The fourth-order valence-corrected chi connectivity index (χ4v) is 1.71. The molecular formula is C10H16N4. The van der Waals surface area contributed by atoms with Crippen LogP contribution >= 0.6 is 0 Å². The van der Waals surface area contributed by atoms with Gasteiger partial charge in [0, 0.05) is 31.7 Å². The van der Waals surface area contributed by atoms with Crippen LogP contribution in [0.3, 0.4) is 0 Å². The first kappa shape index (κ1) is 9.40. The summed E-state index contributed by atoms with van der Waals surface area (Å²) in [4.78, 5) is 10.9. The molecule has 2 rings (SSSR count). The first-order chi connectivity index (χ1) is 6.85. The SMILES string of the molecule is CCc1nccc(N2CCC2CN)n1. The highest BCUT2D eigenvalue weighted by molar-refractivity contribution is 5.42. The van der Waals surface area contributed by atoms with Crippen molar-refractivity contribution in [2.24, 2.45) is 5.73 Å². The van der Waals surface area contributed by atoms with Crippen molar-refractivity contribution in [2.45, 2.75) is 25.8 Å². The molecule has 0 amide bonds. The second-order valence-corrected chi connectivity index (χ2v) is 3.56. The van der Waals surface area contributed by atoms with Crippen molar-refractivity contribution < 1.29 is 0 Å². The van der Waals surface area contributed by atoms with E-state index in [1.165, 1.54) is 6.42 Å². The molecule has 1 unspecified atom stereocenters. The predicted octanol–water partition coefficient (Wildman–Crippen LogP) is 0.576. The van der Waals surface area contributed by atoms with E-state index in [9.17, 15) is 0 Å². The molecule has 1 atom stereocenters. The summed E-state index contributed by atoms with van der Waals surface area (Å²) in [7, 11) is 0. The maximum atomic E-state index is 5.65. The third-order valence-electron chi connectivity index (χ3n) is 2.72. The minimum absolute atomic E-state index is 0.481. The van der Waals surface area contributed by atoms with Gasteiger partial charge in [0.1, 0.15) is 11.6 Å². The van der Waals surface area contributed by atoms with Crippen LogP contribution in [0.15, 0.2) is 12.3 Å². The lowest BCUT2D eigenvalue weighted by molar-refractivity contribution is 0.451. The highest BCUT2D eigenvalue weighted by atomic mass is 15.3. The van der Waals surface area contributed by atoms with E-state index in [-0.39, 0.29) is 0 Å². The van der Waals surface area contributed by atoms with Crippen molar-refractivity contribution in [3.05, 3.63) is 18.1 Å². The average Bonchev–Trinajstić information content (AvgIpc) is 2.17. The molecule has 1 aliphatic rings. The lowest BCUT2D eigenvalue weighted by Gasteiger charge is -2.41. The van der Waals surface area contributed by atoms with E-state index in [0.717, 1.165) is 24.6 Å². The Morgan fingerprint density at radius 1 is 1.64 bits per heavy atom. The van der Waals surface area contributed by atoms with Crippen LogP contribution < -0.4 is 10.6 Å². The van der Waals surface area contributed by atoms with Crippen LogP contribution in [0.4, 0.5) is 5.82 Å². The van der Waals surface area contributed by atoms with Gasteiger partial charge >= 0.3 is 0 Å². The number of hydrogen-bond acceptors (Lipinski definition) is 4. The molecule has 0 spiro atoms. The number of anilines is 1. The summed E-state index contributed by atoms with van der Waals surface area (Å²) in [5.41, 5.74) is 5.65. The second kappa shape index (κ2) is 3.92. The van der Waals surface area contributed by atoms with Gasteiger partial charge in [0.25, 0.3) is 0 Å². The Labute approximate surface area is 84.2 Å². The third kappa shape index (κ3) is 1.57. The molecular weight excluding hydrogens is 176 g/mol. The topological polar surface area (TPSA) is 55.0 Å². The lowest BCUT2D eigenvalue weighted by Crippen LogP contribution is -2.52. The van der Waals surface area contributed by atoms with Crippen molar-refractivity contribution in [3.8, 4) is 0 Å². The number of nitrogens with zero attached hydrogens (tertiary/aromatic N) is 3. The fourth-order valence-electron chi connectivity index (χ4n) is 1.71. The van der Waals surface area contributed by atoms with E-state index in [1.54, 1.807) is 0 Å². The highest BCUT2D eigenvalue weighted by Crippen LogP contribution is 2.23. The van der Waals surface area contributed by atoms with Crippen molar-refractivity contribution in [1.29, 1.82) is 0 Å². The molecule has 4 heteroatoms. The summed E-state index contributed by atoms with van der Waals surface area (Å²) in [5.74, 6) is 1.93. The number of rotatable bonds is 3. The molecule has 76 valence electrons. The van der Waals surface area contributed by atoms with Crippen LogP contribution in [0.1, 0.15) is 19.2 Å². The number of hydrogen-bond donors (Lipinski definition) is 1. The quantitative estimate of drug-likeness (QED) is 0.761. The molecule has 1 aliphatic heterocycles. The molecule has 0 bridgehead atoms. The van der Waals surface area contributed by atoms with Crippen molar-refractivity contribution in [2.75, 3.05) is 18.0 Å². The highest BCUT2D eigenvalue weighted by Gasteiger charge is 2.27. The summed E-state index contributed by atoms with van der Waals surface area (Å²) >= 11 is 0. The number of aromatic nitrogens is 2. The Bertz CT molecular complexity index is 311. The zero-order valence-corrected chi connectivity index (χ0v) is 8.48. The van der Waals surface area contributed by atoms with Gasteiger partial charge < -0.3 is 10.6 Å². The Morgan fingerprint density at radius 3 is 3.07 bits per heavy atom. The van der Waals surface area contributed by atoms with Crippen LogP contribution in [0.2, 0.25) is 0 Å². The average molecular weight is 192 g/mol. The number of nitrogens with two attached hydrogens (primary N) is 1. The first-order valence-electron chi connectivity index (χ1n) is 5.13. The lowest BCUT2D eigenvalue weighted by atomic mass is 10.0. The van der Waals surface area contributed by atoms with Gasteiger partial charge in [0.2, 0.25) is 0 Å². The molecule has 0 aliphatic carbocycles. The van der Waals surface area contributed by atoms with Gasteiger partial charge in [-0.05, 0) is 12.5 Å². The van der Waals surface area contributed by atoms with Gasteiger partial charge in [0.05, 0.1) is 0 Å². The first-order valence-corrected chi connectivity index (χ1v) is 5.13. The molecule has 0 radical (unpaired) electrons. The molecule has 4 nitrogen and oxygen atoms in total. The fraction of sp³-hybridized carbons (Fsp3) is 0.600. The van der Waals surface area contributed by atoms with Crippen molar-refractivity contribution in [3.63, 3.8) is 0 Å². The summed E-state index contributed by atoms with van der Waals surface area (Å²) in [6.07, 6.45) is 3.89. The Balaban J connectivity index is 2.15. The molecule has 2 heterocycles. The zero-order chi connectivity index (χ0) is 9.97. The smallest absolute Gasteiger partial charge is 0.132 e. The largest absolute Gasteiger partial charge is 0.352 e. The third-order valence-corrected chi connectivity index (χ3v) is 2.72. The molecule has 1 aromatic rings. The summed E-state index contributed by atoms with van der Waals surface area (Å²) < 4.78 is 0. The van der Waals surface area contributed by atoms with E-state index in [2.05, 4.69) is 21.8 Å². The van der Waals surface area contributed by atoms with Gasteiger partial charge in [-0.3, -0.25) is 0 Å². The van der Waals surface area contributed by atoms with Crippen LogP contribution in [0.25, 0.3) is 0 Å². The summed E-state index contributed by atoms with van der Waals surface area (Å²) in [6, 6.07) is 2.44. The molecule has 14 heavy (non-hydrogen) atoms. The van der Waals surface area contributed by atoms with E-state index in [0.29, 0.717) is 12.6 Å². The Morgan fingerprint density at radius 2 is 2.50 bits per heavy atom. The van der Waals surface area contributed by atoms with Gasteiger partial charge in [0.15, 0.2) is 0 Å². The molecule has 0 aromatic carbocycles. The normalized spacial score (nSPS) is 20.7. The molecule has 1 aromatic heterocycles. The Hall–Kier alpha value is -1.16. The van der Waals surface area contributed by atoms with Gasteiger partial charge in [-0.2, -0.15) is 0 Å². The van der Waals surface area contributed by atoms with E-state index < -0.39 is 0 Å². The van der Waals surface area contributed by atoms with Crippen LogP contribution in [0, 0.1) is 0 Å². The van der Waals surface area contributed by atoms with Gasteiger partial charge in [-0.1, -0.05) is 6.92 Å². The maximum Gasteiger partial charge on any atom is 0.132 e. The van der Waals surface area contributed by atoms with Crippen molar-refractivity contribution in [1.82, 2.24) is 9.97 Å². The van der Waals surface area contributed by atoms with Gasteiger partial charge in [-0.25, -0.2) is 9.97 Å². The zero-order valence-electron chi connectivity index (χ0n) is 8.48. The minimum atomic E-state index is 0.481. The molecule has 1 saturated heterocycles. The second-order valence-electron chi connectivity index (χ2n) is 3.56. The standard InChI is InChI=1S/C10H16N4/c1-2-9-12-5-3-10(13-9)14-6-4-8(14)7-11/h3,5,8H,2,4,6-7,11H2,1H3. The van der Waals surface area contributed by atoms with Crippen LogP contribution in [-0.2, 0) is 6.42 Å². The molecule has 0 saturated carbocycles. The Kier molecular flexibility index (Phi) is 2.63. The maximum absolute atomic E-state index is 5.65. The number of aryl methyl sites for hydroxylation is 1. The van der Waals surface area contributed by atoms with E-state index >= 15 is 0 Å². The molecule has 1 fully saturated rings. The minimum Gasteiger partial charge on any atom is -0.352 e. The van der Waals surface area contributed by atoms with Gasteiger partial charge in [-0.15, -0.1) is 0 Å².